The second-order valence-electron chi connectivity index (χ2n) is 18.6. The van der Waals surface area contributed by atoms with Gasteiger partial charge in [-0.1, -0.05) is 231 Å². The van der Waals surface area contributed by atoms with Gasteiger partial charge in [-0.15, -0.1) is 0 Å². The molecule has 0 fully saturated rings. The van der Waals surface area contributed by atoms with Crippen molar-refractivity contribution in [2.45, 2.75) is 257 Å². The zero-order valence-electron chi connectivity index (χ0n) is 39.3. The molecule has 0 aliphatic rings. The smallest absolute Gasteiger partial charge is 0.387 e. The molecule has 0 saturated carbocycles. The molecule has 3 atom stereocenters. The number of aliphatic hydroxyl groups is 1. The zero-order chi connectivity index (χ0) is 42.8. The van der Waals surface area contributed by atoms with Crippen LogP contribution >= 0.6 is 7.82 Å². The van der Waals surface area contributed by atoms with E-state index in [2.05, 4.69) is 19.2 Å². The molecule has 0 heterocycles. The number of carbonyl (C=O) groups excluding carboxylic acids is 1. The molecule has 0 bridgehead atoms. The number of allylic oxidation sites excluding steroid dienone is 1. The number of carbonyl (C=O) groups is 1. The van der Waals surface area contributed by atoms with E-state index < -0.39 is 20.0 Å². The number of phosphoric ester groups is 1. The van der Waals surface area contributed by atoms with Crippen LogP contribution in [-0.2, 0) is 18.4 Å². The summed E-state index contributed by atoms with van der Waals surface area (Å²) in [5.74, 6) is -0.172. The largest absolute Gasteiger partial charge is 0.472 e. The molecule has 1 unspecified atom stereocenters. The molecule has 0 aromatic carbocycles. The number of aliphatic hydroxyl groups excluding tert-OH is 1. The molecular weight excluding hydrogens is 744 g/mol. The van der Waals surface area contributed by atoms with Crippen LogP contribution in [0, 0.1) is 0 Å². The summed E-state index contributed by atoms with van der Waals surface area (Å²) in [4.78, 5) is 23.2. The Hall–Kier alpha value is -0.760. The molecule has 0 aromatic heterocycles. The summed E-state index contributed by atoms with van der Waals surface area (Å²) in [6.45, 7) is 4.84. The van der Waals surface area contributed by atoms with E-state index in [1.165, 1.54) is 186 Å². The molecule has 1 amide bonds. The maximum Gasteiger partial charge on any atom is 0.472 e. The van der Waals surface area contributed by atoms with Gasteiger partial charge in [-0.25, -0.2) is 4.57 Å². The maximum absolute atomic E-state index is 12.9. The van der Waals surface area contributed by atoms with Crippen LogP contribution in [-0.4, -0.2) is 73.4 Å². The number of hydrogen-bond acceptors (Lipinski definition) is 5. The van der Waals surface area contributed by atoms with Gasteiger partial charge in [0.1, 0.15) is 13.2 Å². The van der Waals surface area contributed by atoms with Gasteiger partial charge in [-0.2, -0.15) is 0 Å². The van der Waals surface area contributed by atoms with Gasteiger partial charge in [-0.05, 0) is 19.3 Å². The third-order valence-corrected chi connectivity index (χ3v) is 12.5. The van der Waals surface area contributed by atoms with Crippen molar-refractivity contribution in [3.05, 3.63) is 12.2 Å². The fourth-order valence-electron chi connectivity index (χ4n) is 7.51. The summed E-state index contributed by atoms with van der Waals surface area (Å²) in [6, 6.07) is -0.840. The Balaban J connectivity index is 4.23. The quantitative estimate of drug-likeness (QED) is 0.0244. The Bertz CT molecular complexity index is 958. The van der Waals surface area contributed by atoms with Gasteiger partial charge < -0.3 is 19.8 Å². The van der Waals surface area contributed by atoms with Crippen molar-refractivity contribution < 1.29 is 32.9 Å². The van der Waals surface area contributed by atoms with Crippen molar-refractivity contribution in [3.63, 3.8) is 0 Å². The Kier molecular flexibility index (Phi) is 41.0. The average Bonchev–Trinajstić information content (AvgIpc) is 3.17. The minimum atomic E-state index is -4.33. The Morgan fingerprint density at radius 2 is 0.914 bits per heavy atom. The van der Waals surface area contributed by atoms with Gasteiger partial charge in [0.05, 0.1) is 39.9 Å². The summed E-state index contributed by atoms with van der Waals surface area (Å²) in [6.07, 6.45) is 48.6. The van der Waals surface area contributed by atoms with E-state index in [-0.39, 0.29) is 19.1 Å². The maximum atomic E-state index is 12.9. The Morgan fingerprint density at radius 3 is 1.28 bits per heavy atom. The van der Waals surface area contributed by atoms with Crippen molar-refractivity contribution in [2.75, 3.05) is 40.9 Å². The van der Waals surface area contributed by atoms with Crippen LogP contribution in [0.1, 0.15) is 245 Å². The lowest BCUT2D eigenvalue weighted by Gasteiger charge is -2.25. The number of unbranched alkanes of at least 4 members (excludes halogenated alkanes) is 33. The molecule has 0 spiro atoms. The van der Waals surface area contributed by atoms with Gasteiger partial charge in [0.15, 0.2) is 0 Å². The number of phosphoric acid groups is 1. The van der Waals surface area contributed by atoms with Gasteiger partial charge >= 0.3 is 7.82 Å². The highest BCUT2D eigenvalue weighted by Gasteiger charge is 2.27. The molecule has 346 valence electrons. The lowest BCUT2D eigenvalue weighted by atomic mass is 10.0. The second kappa shape index (κ2) is 41.6. The van der Waals surface area contributed by atoms with Crippen LogP contribution < -0.4 is 5.32 Å². The molecule has 9 heteroatoms. The molecule has 0 rings (SSSR count). The average molecular weight is 844 g/mol. The zero-order valence-corrected chi connectivity index (χ0v) is 40.2. The van der Waals surface area contributed by atoms with Crippen molar-refractivity contribution in [1.82, 2.24) is 5.32 Å². The van der Waals surface area contributed by atoms with E-state index in [9.17, 15) is 19.4 Å². The SMILES string of the molecule is CCCCCCCCCCCCCC/C=C/[C@@H](O)[C@H](COP(=O)(O)OCC[N+](C)(C)C)NC(=O)CCCCCCCCCCCCCCCCCCCCCCCC. The third-order valence-electron chi connectivity index (χ3n) is 11.5. The predicted octanol–water partition coefficient (Wildman–Crippen LogP) is 14.3. The van der Waals surface area contributed by atoms with E-state index in [1.54, 1.807) is 6.08 Å². The predicted molar refractivity (Wildman–Crippen MR) is 249 cm³/mol. The molecule has 0 saturated heterocycles. The number of hydrogen-bond donors (Lipinski definition) is 3. The van der Waals surface area contributed by atoms with Crippen LogP contribution in [0.5, 0.6) is 0 Å². The summed E-state index contributed by atoms with van der Waals surface area (Å²) in [7, 11) is 1.58. The van der Waals surface area contributed by atoms with Crippen LogP contribution in [0.2, 0.25) is 0 Å². The summed E-state index contributed by atoms with van der Waals surface area (Å²) < 4.78 is 23.6. The fourth-order valence-corrected chi connectivity index (χ4v) is 8.25. The molecule has 0 aromatic rings. The molecule has 0 radical (unpaired) electrons. The van der Waals surface area contributed by atoms with E-state index in [1.807, 2.05) is 27.2 Å². The normalized spacial score (nSPS) is 14.3. The standard InChI is InChI=1S/C49H99N2O6P/c1-6-8-10-12-14-16-18-20-22-23-24-25-26-27-28-29-31-33-35-37-39-41-43-49(53)50-47(46-57-58(54,55)56-45-44-51(3,4)5)48(52)42-40-38-36-34-32-30-21-19-17-15-13-11-9-7-2/h40,42,47-48,52H,6-39,41,43-46H2,1-5H3,(H-,50,53,54,55)/p+1/b42-40+/t47-,48+/m0/s1. The first-order chi connectivity index (χ1) is 28.0. The van der Waals surface area contributed by atoms with Crippen molar-refractivity contribution in [3.8, 4) is 0 Å². The third kappa shape index (κ3) is 43.3. The van der Waals surface area contributed by atoms with Crippen molar-refractivity contribution in [1.29, 1.82) is 0 Å². The molecular formula is C49H100N2O6P+. The first-order valence-corrected chi connectivity index (χ1v) is 26.6. The van der Waals surface area contributed by atoms with Crippen molar-refractivity contribution in [2.24, 2.45) is 0 Å². The van der Waals surface area contributed by atoms with Crippen molar-refractivity contribution >= 4 is 13.7 Å². The second-order valence-corrected chi connectivity index (χ2v) is 20.0. The summed E-state index contributed by atoms with van der Waals surface area (Å²) in [5.41, 5.74) is 0. The highest BCUT2D eigenvalue weighted by Crippen LogP contribution is 2.43. The molecule has 8 nitrogen and oxygen atoms in total. The van der Waals surface area contributed by atoms with Crippen LogP contribution in [0.3, 0.4) is 0 Å². The minimum absolute atomic E-state index is 0.0648. The number of nitrogens with zero attached hydrogens (tertiary/aromatic N) is 1. The topological polar surface area (TPSA) is 105 Å². The lowest BCUT2D eigenvalue weighted by Crippen LogP contribution is -2.45. The molecule has 58 heavy (non-hydrogen) atoms. The Morgan fingerprint density at radius 1 is 0.569 bits per heavy atom. The number of likely N-dealkylation sites (N-methyl/N-ethyl adjacent to an activating group) is 1. The molecule has 3 N–H and O–H groups in total. The lowest BCUT2D eigenvalue weighted by molar-refractivity contribution is -0.870. The van der Waals surface area contributed by atoms with Gasteiger partial charge in [0.25, 0.3) is 0 Å². The summed E-state index contributed by atoms with van der Waals surface area (Å²) >= 11 is 0. The number of quaternary nitrogens is 1. The van der Waals surface area contributed by atoms with E-state index in [4.69, 9.17) is 9.05 Å². The number of rotatable bonds is 46. The van der Waals surface area contributed by atoms with Gasteiger partial charge in [-0.3, -0.25) is 13.8 Å². The number of nitrogens with one attached hydrogen (secondary N) is 1. The van der Waals surface area contributed by atoms with Gasteiger partial charge in [0.2, 0.25) is 5.91 Å². The minimum Gasteiger partial charge on any atom is -0.387 e. The highest BCUT2D eigenvalue weighted by atomic mass is 31.2. The van der Waals surface area contributed by atoms with Crippen LogP contribution in [0.25, 0.3) is 0 Å². The first kappa shape index (κ1) is 57.2. The Labute approximate surface area is 361 Å². The monoisotopic (exact) mass is 844 g/mol. The van der Waals surface area contributed by atoms with E-state index in [0.717, 1.165) is 38.5 Å². The van der Waals surface area contributed by atoms with E-state index in [0.29, 0.717) is 17.4 Å². The highest BCUT2D eigenvalue weighted by molar-refractivity contribution is 7.47. The fraction of sp³-hybridized carbons (Fsp3) is 0.939. The number of amides is 1. The summed E-state index contributed by atoms with van der Waals surface area (Å²) in [5, 5.41) is 13.9. The van der Waals surface area contributed by atoms with Crippen LogP contribution in [0.15, 0.2) is 12.2 Å². The van der Waals surface area contributed by atoms with Gasteiger partial charge in [0, 0.05) is 6.42 Å². The van der Waals surface area contributed by atoms with E-state index >= 15 is 0 Å². The van der Waals surface area contributed by atoms with Crippen LogP contribution in [0.4, 0.5) is 0 Å². The first-order valence-electron chi connectivity index (χ1n) is 25.1. The molecule has 0 aliphatic carbocycles. The molecule has 0 aliphatic heterocycles.